The molecule has 0 fully saturated rings. The van der Waals surface area contributed by atoms with E-state index in [1.807, 2.05) is 0 Å². The summed E-state index contributed by atoms with van der Waals surface area (Å²) in [6, 6.07) is 0. The minimum atomic E-state index is 0.506. The lowest BCUT2D eigenvalue weighted by Crippen LogP contribution is -2.03. The van der Waals surface area contributed by atoms with E-state index < -0.39 is 0 Å². The molecule has 0 saturated carbocycles. The first-order valence-corrected chi connectivity index (χ1v) is 4.40. The van der Waals surface area contributed by atoms with Crippen molar-refractivity contribution in [2.75, 3.05) is 11.9 Å². The molecule has 1 heterocycles. The molecule has 0 saturated heterocycles. The smallest absolute Gasteiger partial charge is 0.148 e. The van der Waals surface area contributed by atoms with Gasteiger partial charge in [-0.25, -0.2) is 9.97 Å². The SMILES string of the molecule is C=C(Br)CNc1ncncc1Cl. The maximum atomic E-state index is 5.78. The summed E-state index contributed by atoms with van der Waals surface area (Å²) in [6.07, 6.45) is 2.97. The third kappa shape index (κ3) is 2.79. The van der Waals surface area contributed by atoms with Gasteiger partial charge in [-0.3, -0.25) is 0 Å². The summed E-state index contributed by atoms with van der Waals surface area (Å²) in [7, 11) is 0. The van der Waals surface area contributed by atoms with Gasteiger partial charge in [0.05, 0.1) is 6.20 Å². The van der Waals surface area contributed by atoms with Crippen LogP contribution in [0.2, 0.25) is 5.02 Å². The predicted octanol–water partition coefficient (Wildman–Crippen LogP) is 2.45. The van der Waals surface area contributed by atoms with Crippen LogP contribution in [-0.4, -0.2) is 16.5 Å². The Morgan fingerprint density at radius 3 is 3.08 bits per heavy atom. The van der Waals surface area contributed by atoms with Crippen LogP contribution in [0.1, 0.15) is 0 Å². The molecule has 64 valence electrons. The third-order valence-corrected chi connectivity index (χ3v) is 1.67. The highest BCUT2D eigenvalue weighted by Crippen LogP contribution is 2.16. The molecule has 5 heteroatoms. The molecule has 0 aromatic carbocycles. The lowest BCUT2D eigenvalue weighted by molar-refractivity contribution is 1.14. The lowest BCUT2D eigenvalue weighted by atomic mass is 10.5. The zero-order valence-electron chi connectivity index (χ0n) is 6.22. The molecule has 0 radical (unpaired) electrons. The summed E-state index contributed by atoms with van der Waals surface area (Å²) in [5.74, 6) is 0.618. The van der Waals surface area contributed by atoms with Crippen LogP contribution in [0.4, 0.5) is 5.82 Å². The van der Waals surface area contributed by atoms with E-state index in [-0.39, 0.29) is 0 Å². The Morgan fingerprint density at radius 1 is 1.75 bits per heavy atom. The van der Waals surface area contributed by atoms with E-state index in [0.717, 1.165) is 4.48 Å². The number of halogens is 2. The molecule has 0 aliphatic carbocycles. The van der Waals surface area contributed by atoms with Crippen LogP contribution in [0.25, 0.3) is 0 Å². The molecule has 0 unspecified atom stereocenters. The normalized spacial score (nSPS) is 9.50. The zero-order valence-corrected chi connectivity index (χ0v) is 8.56. The van der Waals surface area contributed by atoms with Crippen molar-refractivity contribution in [1.29, 1.82) is 0 Å². The topological polar surface area (TPSA) is 37.8 Å². The Balaban J connectivity index is 2.63. The number of rotatable bonds is 3. The van der Waals surface area contributed by atoms with Crippen LogP contribution < -0.4 is 5.32 Å². The molecule has 0 atom stereocenters. The van der Waals surface area contributed by atoms with Crippen LogP contribution in [0.15, 0.2) is 23.6 Å². The first-order chi connectivity index (χ1) is 5.70. The van der Waals surface area contributed by atoms with Gasteiger partial charge in [-0.1, -0.05) is 34.1 Å². The van der Waals surface area contributed by atoms with Crippen molar-refractivity contribution in [3.63, 3.8) is 0 Å². The molecule has 1 aromatic heterocycles. The van der Waals surface area contributed by atoms with Crippen LogP contribution >= 0.6 is 27.5 Å². The van der Waals surface area contributed by atoms with E-state index in [2.05, 4.69) is 37.8 Å². The second-order valence-corrected chi connectivity index (χ2v) is 3.62. The third-order valence-electron chi connectivity index (χ3n) is 1.12. The highest BCUT2D eigenvalue weighted by molar-refractivity contribution is 9.11. The molecule has 3 nitrogen and oxygen atoms in total. The van der Waals surface area contributed by atoms with Gasteiger partial charge < -0.3 is 5.32 Å². The van der Waals surface area contributed by atoms with Crippen LogP contribution in [0.3, 0.4) is 0 Å². The number of anilines is 1. The van der Waals surface area contributed by atoms with Gasteiger partial charge in [0.15, 0.2) is 0 Å². The quantitative estimate of drug-likeness (QED) is 0.893. The van der Waals surface area contributed by atoms with Crippen molar-refractivity contribution in [3.8, 4) is 0 Å². The van der Waals surface area contributed by atoms with E-state index in [0.29, 0.717) is 17.4 Å². The van der Waals surface area contributed by atoms with Crippen molar-refractivity contribution in [2.24, 2.45) is 0 Å². The number of nitrogens with one attached hydrogen (secondary N) is 1. The number of aromatic nitrogens is 2. The molecular weight excluding hydrogens is 241 g/mol. The molecule has 0 spiro atoms. The zero-order chi connectivity index (χ0) is 8.97. The summed E-state index contributed by atoms with van der Waals surface area (Å²) in [6.45, 7) is 4.26. The van der Waals surface area contributed by atoms with Crippen molar-refractivity contribution in [2.45, 2.75) is 0 Å². The fourth-order valence-corrected chi connectivity index (χ4v) is 0.934. The van der Waals surface area contributed by atoms with E-state index in [1.165, 1.54) is 12.5 Å². The van der Waals surface area contributed by atoms with Crippen molar-refractivity contribution in [3.05, 3.63) is 28.6 Å². The molecule has 12 heavy (non-hydrogen) atoms. The first-order valence-electron chi connectivity index (χ1n) is 3.23. The second-order valence-electron chi connectivity index (χ2n) is 2.09. The van der Waals surface area contributed by atoms with Crippen molar-refractivity contribution < 1.29 is 0 Å². The van der Waals surface area contributed by atoms with Gasteiger partial charge in [0.1, 0.15) is 17.2 Å². The Morgan fingerprint density at radius 2 is 2.50 bits per heavy atom. The Labute approximate surface area is 84.0 Å². The maximum absolute atomic E-state index is 5.78. The largest absolute Gasteiger partial charge is 0.364 e. The molecular formula is C7H7BrClN3. The predicted molar refractivity (Wildman–Crippen MR) is 53.6 cm³/mol. The molecule has 0 aliphatic rings. The summed E-state index contributed by atoms with van der Waals surface area (Å²) < 4.78 is 0.845. The monoisotopic (exact) mass is 247 g/mol. The molecule has 0 amide bonds. The summed E-state index contributed by atoms with van der Waals surface area (Å²) in [5, 5.41) is 3.49. The average Bonchev–Trinajstić information content (AvgIpc) is 2.03. The van der Waals surface area contributed by atoms with Gasteiger partial charge in [-0.15, -0.1) is 0 Å². The van der Waals surface area contributed by atoms with Crippen LogP contribution in [-0.2, 0) is 0 Å². The number of hydrogen-bond acceptors (Lipinski definition) is 3. The number of nitrogens with zero attached hydrogens (tertiary/aromatic N) is 2. The van der Waals surface area contributed by atoms with Gasteiger partial charge >= 0.3 is 0 Å². The molecule has 1 rings (SSSR count). The van der Waals surface area contributed by atoms with Gasteiger partial charge in [-0.05, 0) is 0 Å². The lowest BCUT2D eigenvalue weighted by Gasteiger charge is -2.04. The van der Waals surface area contributed by atoms with Crippen LogP contribution in [0.5, 0.6) is 0 Å². The second kappa shape index (κ2) is 4.42. The Kier molecular flexibility index (Phi) is 3.49. The van der Waals surface area contributed by atoms with Crippen LogP contribution in [0, 0.1) is 0 Å². The van der Waals surface area contributed by atoms with Crippen molar-refractivity contribution >= 4 is 33.3 Å². The van der Waals surface area contributed by atoms with E-state index in [9.17, 15) is 0 Å². The highest BCUT2D eigenvalue weighted by Gasteiger charge is 1.98. The minimum Gasteiger partial charge on any atom is -0.364 e. The molecule has 0 bridgehead atoms. The van der Waals surface area contributed by atoms with E-state index >= 15 is 0 Å². The molecule has 1 aromatic rings. The molecule has 0 aliphatic heterocycles. The fourth-order valence-electron chi connectivity index (χ4n) is 0.622. The van der Waals surface area contributed by atoms with E-state index in [4.69, 9.17) is 11.6 Å². The van der Waals surface area contributed by atoms with E-state index in [1.54, 1.807) is 0 Å². The first kappa shape index (κ1) is 9.48. The van der Waals surface area contributed by atoms with Crippen molar-refractivity contribution in [1.82, 2.24) is 9.97 Å². The minimum absolute atomic E-state index is 0.506. The highest BCUT2D eigenvalue weighted by atomic mass is 79.9. The summed E-state index contributed by atoms with van der Waals surface area (Å²) in [4.78, 5) is 7.69. The van der Waals surface area contributed by atoms with Gasteiger partial charge in [-0.2, -0.15) is 0 Å². The average molecular weight is 249 g/mol. The van der Waals surface area contributed by atoms with Gasteiger partial charge in [0.2, 0.25) is 0 Å². The number of hydrogen-bond donors (Lipinski definition) is 1. The summed E-state index contributed by atoms with van der Waals surface area (Å²) >= 11 is 8.99. The Bertz CT molecular complexity index is 290. The fraction of sp³-hybridized carbons (Fsp3) is 0.143. The Hall–Kier alpha value is -0.610. The van der Waals surface area contributed by atoms with Gasteiger partial charge in [0, 0.05) is 11.0 Å². The summed E-state index contributed by atoms with van der Waals surface area (Å²) in [5.41, 5.74) is 0. The maximum Gasteiger partial charge on any atom is 0.148 e. The molecule has 1 N–H and O–H groups in total. The standard InChI is InChI=1S/C7H7BrClN3/c1-5(8)2-11-7-6(9)3-10-4-12-7/h3-4H,1-2H2,(H,10,11,12). The van der Waals surface area contributed by atoms with Gasteiger partial charge in [0.25, 0.3) is 0 Å².